The Morgan fingerprint density at radius 2 is 1.79 bits per heavy atom. The third kappa shape index (κ3) is 3.41. The molecule has 1 amide bonds. The first-order chi connectivity index (χ1) is 13.9. The van der Waals surface area contributed by atoms with Gasteiger partial charge < -0.3 is 9.63 Å². The van der Waals surface area contributed by atoms with Gasteiger partial charge in [-0.05, 0) is 48.9 Å². The molecule has 1 aliphatic heterocycles. The molecule has 0 spiro atoms. The summed E-state index contributed by atoms with van der Waals surface area (Å²) in [7, 11) is 0. The number of Topliss-reactive ketones (excluding diaryl/α,β-unsaturated/α-hetero) is 1. The summed E-state index contributed by atoms with van der Waals surface area (Å²) in [6.07, 6.45) is 0. The molecular formula is C21H14Cl2N2O4. The lowest BCUT2D eigenvalue weighted by Gasteiger charge is -2.23. The van der Waals surface area contributed by atoms with Gasteiger partial charge in [0.1, 0.15) is 11.5 Å². The van der Waals surface area contributed by atoms with Crippen LogP contribution in [0.25, 0.3) is 5.76 Å². The molecule has 1 atom stereocenters. The molecule has 6 nitrogen and oxygen atoms in total. The third-order valence-corrected chi connectivity index (χ3v) is 5.08. The molecule has 0 aliphatic carbocycles. The molecule has 0 bridgehead atoms. The van der Waals surface area contributed by atoms with Gasteiger partial charge >= 0.3 is 5.91 Å². The van der Waals surface area contributed by atoms with Crippen molar-refractivity contribution in [2.24, 2.45) is 0 Å². The van der Waals surface area contributed by atoms with E-state index >= 15 is 0 Å². The number of nitrogens with zero attached hydrogens (tertiary/aromatic N) is 2. The van der Waals surface area contributed by atoms with Crippen molar-refractivity contribution in [2.75, 3.05) is 4.90 Å². The van der Waals surface area contributed by atoms with Crippen LogP contribution in [0.5, 0.6) is 0 Å². The Labute approximate surface area is 175 Å². The van der Waals surface area contributed by atoms with Crippen LogP contribution >= 0.6 is 23.2 Å². The number of carbonyl (C=O) groups excluding carboxylic acids is 2. The minimum atomic E-state index is -0.922. The summed E-state index contributed by atoms with van der Waals surface area (Å²) in [4.78, 5) is 27.0. The van der Waals surface area contributed by atoms with Crippen LogP contribution in [0, 0.1) is 6.92 Å². The van der Waals surface area contributed by atoms with Crippen molar-refractivity contribution in [3.8, 4) is 0 Å². The maximum absolute atomic E-state index is 12.9. The number of benzene rings is 2. The molecule has 1 unspecified atom stereocenters. The largest absolute Gasteiger partial charge is 0.507 e. The molecule has 8 heteroatoms. The van der Waals surface area contributed by atoms with Crippen molar-refractivity contribution in [1.82, 2.24) is 5.16 Å². The van der Waals surface area contributed by atoms with Crippen molar-refractivity contribution < 1.29 is 19.2 Å². The van der Waals surface area contributed by atoms with Gasteiger partial charge in [0, 0.05) is 21.7 Å². The fourth-order valence-electron chi connectivity index (χ4n) is 3.29. The number of ketones is 1. The van der Waals surface area contributed by atoms with Gasteiger partial charge in [0.05, 0.1) is 11.6 Å². The van der Waals surface area contributed by atoms with Gasteiger partial charge in [-0.1, -0.05) is 40.5 Å². The van der Waals surface area contributed by atoms with Gasteiger partial charge in [-0.2, -0.15) is 0 Å². The number of anilines is 1. The predicted octanol–water partition coefficient (Wildman–Crippen LogP) is 4.92. The highest BCUT2D eigenvalue weighted by Gasteiger charge is 2.48. The van der Waals surface area contributed by atoms with Gasteiger partial charge in [0.25, 0.3) is 5.78 Å². The number of hydrogen-bond acceptors (Lipinski definition) is 5. The predicted molar refractivity (Wildman–Crippen MR) is 109 cm³/mol. The van der Waals surface area contributed by atoms with Crippen molar-refractivity contribution >= 4 is 46.5 Å². The number of amides is 1. The van der Waals surface area contributed by atoms with E-state index in [0.29, 0.717) is 26.9 Å². The standard InChI is InChI=1S/C21H14Cl2N2O4/c1-11-9-16(24-29-11)25-18(13-3-2-4-15(23)10-13)17(20(27)21(25)28)19(26)12-5-7-14(22)8-6-12/h2-10,18,26H,1H3/b19-17-. The van der Waals surface area contributed by atoms with Crippen LogP contribution < -0.4 is 4.90 Å². The summed E-state index contributed by atoms with van der Waals surface area (Å²) in [5, 5.41) is 15.7. The summed E-state index contributed by atoms with van der Waals surface area (Å²) < 4.78 is 5.09. The van der Waals surface area contributed by atoms with Crippen LogP contribution in [0.4, 0.5) is 5.82 Å². The van der Waals surface area contributed by atoms with E-state index in [9.17, 15) is 14.7 Å². The number of aromatic nitrogens is 1. The number of aliphatic hydroxyl groups excluding tert-OH is 1. The van der Waals surface area contributed by atoms with Crippen molar-refractivity contribution in [3.05, 3.63) is 87.1 Å². The highest BCUT2D eigenvalue weighted by molar-refractivity contribution is 6.51. The Balaban J connectivity index is 1.95. The lowest BCUT2D eigenvalue weighted by Crippen LogP contribution is -2.29. The average molecular weight is 429 g/mol. The lowest BCUT2D eigenvalue weighted by atomic mass is 9.95. The van der Waals surface area contributed by atoms with E-state index in [1.807, 2.05) is 0 Å². The maximum atomic E-state index is 12.9. The van der Waals surface area contributed by atoms with Crippen molar-refractivity contribution in [3.63, 3.8) is 0 Å². The van der Waals surface area contributed by atoms with E-state index in [4.69, 9.17) is 27.7 Å². The Hall–Kier alpha value is -3.09. The van der Waals surface area contributed by atoms with E-state index in [2.05, 4.69) is 5.16 Å². The zero-order chi connectivity index (χ0) is 20.7. The van der Waals surface area contributed by atoms with Gasteiger partial charge in [-0.25, -0.2) is 0 Å². The van der Waals surface area contributed by atoms with Crippen LogP contribution in [0.1, 0.15) is 22.9 Å². The number of carbonyl (C=O) groups is 2. The van der Waals surface area contributed by atoms with Crippen molar-refractivity contribution in [2.45, 2.75) is 13.0 Å². The van der Waals surface area contributed by atoms with Crippen molar-refractivity contribution in [1.29, 1.82) is 0 Å². The van der Waals surface area contributed by atoms with E-state index in [0.717, 1.165) is 0 Å². The normalized spacial score (nSPS) is 18.4. The SMILES string of the molecule is Cc1cc(N2C(=O)C(=O)/C(=C(\O)c3ccc(Cl)cc3)C2c2cccc(Cl)c2)no1. The number of hydrogen-bond donors (Lipinski definition) is 1. The molecule has 2 aromatic carbocycles. The summed E-state index contributed by atoms with van der Waals surface area (Å²) in [5.74, 6) is -1.32. The second kappa shape index (κ2) is 7.39. The number of aryl methyl sites for hydroxylation is 1. The molecule has 1 saturated heterocycles. The summed E-state index contributed by atoms with van der Waals surface area (Å²) in [5.41, 5.74) is 0.837. The first-order valence-electron chi connectivity index (χ1n) is 8.62. The first kappa shape index (κ1) is 19.2. The topological polar surface area (TPSA) is 83.6 Å². The minimum Gasteiger partial charge on any atom is -0.507 e. The van der Waals surface area contributed by atoms with Gasteiger partial charge in [-0.3, -0.25) is 14.5 Å². The summed E-state index contributed by atoms with van der Waals surface area (Å²) in [6.45, 7) is 1.68. The Morgan fingerprint density at radius 3 is 2.41 bits per heavy atom. The highest BCUT2D eigenvalue weighted by atomic mass is 35.5. The molecule has 146 valence electrons. The molecular weight excluding hydrogens is 415 g/mol. The zero-order valence-corrected chi connectivity index (χ0v) is 16.6. The van der Waals surface area contributed by atoms with Gasteiger partial charge in [-0.15, -0.1) is 0 Å². The molecule has 4 rings (SSSR count). The number of aliphatic hydroxyl groups is 1. The first-order valence-corrected chi connectivity index (χ1v) is 9.38. The second-order valence-corrected chi connectivity index (χ2v) is 7.40. The Bertz CT molecular complexity index is 1150. The molecule has 3 aromatic rings. The van der Waals surface area contributed by atoms with Crippen LogP contribution in [-0.4, -0.2) is 22.0 Å². The monoisotopic (exact) mass is 428 g/mol. The molecule has 1 aromatic heterocycles. The molecule has 29 heavy (non-hydrogen) atoms. The Morgan fingerprint density at radius 1 is 1.07 bits per heavy atom. The third-order valence-electron chi connectivity index (χ3n) is 4.59. The van der Waals surface area contributed by atoms with E-state index in [-0.39, 0.29) is 17.2 Å². The lowest BCUT2D eigenvalue weighted by molar-refractivity contribution is -0.132. The number of rotatable bonds is 3. The van der Waals surface area contributed by atoms with E-state index < -0.39 is 17.7 Å². The molecule has 1 aliphatic rings. The average Bonchev–Trinajstić information content (AvgIpc) is 3.23. The summed E-state index contributed by atoms with van der Waals surface area (Å²) >= 11 is 12.1. The Kier molecular flexibility index (Phi) is 4.90. The molecule has 2 heterocycles. The van der Waals surface area contributed by atoms with Gasteiger partial charge in [0.15, 0.2) is 5.82 Å². The fourth-order valence-corrected chi connectivity index (χ4v) is 3.62. The second-order valence-electron chi connectivity index (χ2n) is 6.53. The van der Waals surface area contributed by atoms with Crippen LogP contribution in [-0.2, 0) is 9.59 Å². The quantitative estimate of drug-likeness (QED) is 0.363. The molecule has 1 N–H and O–H groups in total. The molecule has 0 saturated carbocycles. The van der Waals surface area contributed by atoms with E-state index in [1.54, 1.807) is 61.5 Å². The molecule has 1 fully saturated rings. The minimum absolute atomic E-state index is 0.0692. The van der Waals surface area contributed by atoms with Crippen LogP contribution in [0.15, 0.2) is 64.7 Å². The zero-order valence-electron chi connectivity index (χ0n) is 15.1. The van der Waals surface area contributed by atoms with E-state index in [1.165, 1.54) is 4.90 Å². The van der Waals surface area contributed by atoms with Crippen LogP contribution in [0.3, 0.4) is 0 Å². The molecule has 0 radical (unpaired) electrons. The smallest absolute Gasteiger partial charge is 0.301 e. The summed E-state index contributed by atoms with van der Waals surface area (Å²) in [6, 6.07) is 13.7. The van der Waals surface area contributed by atoms with Gasteiger partial charge in [0.2, 0.25) is 0 Å². The van der Waals surface area contributed by atoms with Crippen LogP contribution in [0.2, 0.25) is 10.0 Å². The highest BCUT2D eigenvalue weighted by Crippen LogP contribution is 2.42. The number of halogens is 2. The maximum Gasteiger partial charge on any atom is 0.301 e. The fraction of sp³-hybridized carbons (Fsp3) is 0.0952.